The average molecular weight is 288 g/mol. The molecule has 20 heavy (non-hydrogen) atoms. The van der Waals surface area contributed by atoms with Crippen LogP contribution >= 0.6 is 11.6 Å². The van der Waals surface area contributed by atoms with Crippen LogP contribution in [0.2, 0.25) is 5.15 Å². The van der Waals surface area contributed by atoms with E-state index < -0.39 is 0 Å². The highest BCUT2D eigenvalue weighted by molar-refractivity contribution is 6.30. The Balaban J connectivity index is 2.02. The molecule has 0 amide bonds. The van der Waals surface area contributed by atoms with Crippen LogP contribution < -0.4 is 5.32 Å². The molecule has 102 valence electrons. The van der Waals surface area contributed by atoms with Gasteiger partial charge in [-0.05, 0) is 19.4 Å². The molecule has 3 aromatic rings. The summed E-state index contributed by atoms with van der Waals surface area (Å²) in [6.07, 6.45) is 1.47. The second-order valence-electron chi connectivity index (χ2n) is 4.62. The first-order valence-corrected chi connectivity index (χ1v) is 6.72. The van der Waals surface area contributed by atoms with Crippen LogP contribution in [0, 0.1) is 6.92 Å². The quantitative estimate of drug-likeness (QED) is 0.751. The van der Waals surface area contributed by atoms with Gasteiger partial charge in [0, 0.05) is 11.6 Å². The maximum absolute atomic E-state index is 6.15. The Morgan fingerprint density at radius 1 is 1.25 bits per heavy atom. The predicted octanol–water partition coefficient (Wildman–Crippen LogP) is 3.26. The van der Waals surface area contributed by atoms with E-state index >= 15 is 0 Å². The summed E-state index contributed by atoms with van der Waals surface area (Å²) in [5.41, 5.74) is 2.04. The van der Waals surface area contributed by atoms with Crippen LogP contribution in [0.25, 0.3) is 5.78 Å². The number of fused-ring (bicyclic) bond motifs is 1. The van der Waals surface area contributed by atoms with Gasteiger partial charge in [-0.1, -0.05) is 41.9 Å². The Morgan fingerprint density at radius 3 is 2.75 bits per heavy atom. The summed E-state index contributed by atoms with van der Waals surface area (Å²) in [7, 11) is 0. The number of nitrogens with one attached hydrogen (secondary N) is 1. The van der Waals surface area contributed by atoms with E-state index in [1.54, 1.807) is 4.52 Å². The van der Waals surface area contributed by atoms with Gasteiger partial charge in [0.2, 0.25) is 0 Å². The molecule has 0 fully saturated rings. The van der Waals surface area contributed by atoms with Crippen molar-refractivity contribution in [3.63, 3.8) is 0 Å². The maximum Gasteiger partial charge on any atom is 0.255 e. The highest BCUT2D eigenvalue weighted by Crippen LogP contribution is 2.26. The molecular weight excluding hydrogens is 274 g/mol. The van der Waals surface area contributed by atoms with Crippen molar-refractivity contribution >= 4 is 23.2 Å². The Bertz CT molecular complexity index is 738. The zero-order valence-electron chi connectivity index (χ0n) is 11.2. The van der Waals surface area contributed by atoms with Crippen molar-refractivity contribution in [3.05, 3.63) is 52.9 Å². The molecule has 0 saturated carbocycles. The van der Waals surface area contributed by atoms with E-state index in [2.05, 4.69) is 39.4 Å². The van der Waals surface area contributed by atoms with Crippen LogP contribution in [0.3, 0.4) is 0 Å². The lowest BCUT2D eigenvalue weighted by Gasteiger charge is -2.18. The van der Waals surface area contributed by atoms with Crippen molar-refractivity contribution in [2.45, 2.75) is 19.9 Å². The average Bonchev–Trinajstić information content (AvgIpc) is 2.92. The molecule has 2 heterocycles. The van der Waals surface area contributed by atoms with Crippen LogP contribution in [-0.4, -0.2) is 19.6 Å². The molecule has 0 aliphatic rings. The molecule has 1 N–H and O–H groups in total. The number of aromatic nitrogens is 4. The van der Waals surface area contributed by atoms with E-state index in [-0.39, 0.29) is 6.04 Å². The second-order valence-corrected chi connectivity index (χ2v) is 4.98. The van der Waals surface area contributed by atoms with Gasteiger partial charge in [-0.25, -0.2) is 0 Å². The Kier molecular flexibility index (Phi) is 3.28. The number of anilines is 1. The number of nitrogens with zero attached hydrogens (tertiary/aromatic N) is 4. The van der Waals surface area contributed by atoms with Gasteiger partial charge in [0.1, 0.15) is 17.3 Å². The fourth-order valence-electron chi connectivity index (χ4n) is 2.10. The fourth-order valence-corrected chi connectivity index (χ4v) is 2.26. The third kappa shape index (κ3) is 2.20. The minimum atomic E-state index is 0.126. The highest BCUT2D eigenvalue weighted by Gasteiger charge is 2.14. The lowest BCUT2D eigenvalue weighted by molar-refractivity contribution is 0.835. The van der Waals surface area contributed by atoms with Crippen LogP contribution in [0.4, 0.5) is 5.82 Å². The van der Waals surface area contributed by atoms with E-state index in [4.69, 9.17) is 11.6 Å². The summed E-state index contributed by atoms with van der Waals surface area (Å²) in [6, 6.07) is 10.3. The molecule has 6 heteroatoms. The van der Waals surface area contributed by atoms with E-state index in [1.165, 1.54) is 11.9 Å². The highest BCUT2D eigenvalue weighted by atomic mass is 35.5. The summed E-state index contributed by atoms with van der Waals surface area (Å²) in [5, 5.41) is 8.06. The van der Waals surface area contributed by atoms with Crippen molar-refractivity contribution < 1.29 is 0 Å². The molecule has 5 nitrogen and oxygen atoms in total. The molecule has 2 aromatic heterocycles. The monoisotopic (exact) mass is 287 g/mol. The Labute approximate surface area is 121 Å². The van der Waals surface area contributed by atoms with Crippen molar-refractivity contribution in [3.8, 4) is 0 Å². The number of rotatable bonds is 3. The van der Waals surface area contributed by atoms with Gasteiger partial charge in [0.15, 0.2) is 0 Å². The van der Waals surface area contributed by atoms with E-state index in [0.717, 1.165) is 11.4 Å². The van der Waals surface area contributed by atoms with Crippen molar-refractivity contribution in [2.75, 3.05) is 5.32 Å². The van der Waals surface area contributed by atoms with E-state index in [0.29, 0.717) is 10.9 Å². The number of benzene rings is 1. The van der Waals surface area contributed by atoms with Gasteiger partial charge >= 0.3 is 0 Å². The molecule has 0 spiro atoms. The second kappa shape index (κ2) is 5.09. The first kappa shape index (κ1) is 12.9. The number of hydrogen-bond donors (Lipinski definition) is 1. The smallest absolute Gasteiger partial charge is 0.255 e. The molecule has 3 rings (SSSR count). The molecule has 0 radical (unpaired) electrons. The number of hydrogen-bond acceptors (Lipinski definition) is 4. The van der Waals surface area contributed by atoms with E-state index in [9.17, 15) is 0 Å². The van der Waals surface area contributed by atoms with Gasteiger partial charge in [-0.2, -0.15) is 19.6 Å². The first-order valence-electron chi connectivity index (χ1n) is 6.34. The summed E-state index contributed by atoms with van der Waals surface area (Å²) in [6.45, 7) is 4.00. The van der Waals surface area contributed by atoms with Crippen LogP contribution in [0.15, 0.2) is 36.7 Å². The normalized spacial score (nSPS) is 12.6. The largest absolute Gasteiger partial charge is 0.363 e. The molecule has 0 saturated heterocycles. The zero-order chi connectivity index (χ0) is 14.1. The SMILES string of the molecule is Cc1c(Cl)nc2ncnn2c1NC(C)c1ccccc1. The number of halogens is 1. The minimum absolute atomic E-state index is 0.126. The first-order chi connectivity index (χ1) is 9.66. The summed E-state index contributed by atoms with van der Waals surface area (Å²) >= 11 is 6.15. The summed E-state index contributed by atoms with van der Waals surface area (Å²) in [4.78, 5) is 8.27. The predicted molar refractivity (Wildman–Crippen MR) is 79.0 cm³/mol. The topological polar surface area (TPSA) is 55.1 Å². The molecule has 0 bridgehead atoms. The van der Waals surface area contributed by atoms with Gasteiger partial charge < -0.3 is 5.32 Å². The summed E-state index contributed by atoms with van der Waals surface area (Å²) < 4.78 is 1.67. The molecule has 1 aromatic carbocycles. The molecular formula is C14H14ClN5. The molecule has 1 atom stereocenters. The Morgan fingerprint density at radius 2 is 2.00 bits per heavy atom. The Hall–Kier alpha value is -2.14. The van der Waals surface area contributed by atoms with E-state index in [1.807, 2.05) is 25.1 Å². The molecule has 1 unspecified atom stereocenters. The molecule has 0 aliphatic carbocycles. The van der Waals surface area contributed by atoms with Crippen molar-refractivity contribution in [1.29, 1.82) is 0 Å². The van der Waals surface area contributed by atoms with Crippen LogP contribution in [0.5, 0.6) is 0 Å². The minimum Gasteiger partial charge on any atom is -0.363 e. The summed E-state index contributed by atoms with van der Waals surface area (Å²) in [5.74, 6) is 1.30. The van der Waals surface area contributed by atoms with Gasteiger partial charge in [-0.3, -0.25) is 0 Å². The lowest BCUT2D eigenvalue weighted by Crippen LogP contribution is -2.12. The lowest BCUT2D eigenvalue weighted by atomic mass is 10.1. The maximum atomic E-state index is 6.15. The fraction of sp³-hybridized carbons (Fsp3) is 0.214. The standard InChI is InChI=1S/C14H14ClN5/c1-9-12(15)19-14-16-8-17-20(14)13(9)18-10(2)11-6-4-3-5-7-11/h3-8,10,18H,1-2H3. The van der Waals surface area contributed by atoms with Crippen LogP contribution in [0.1, 0.15) is 24.1 Å². The molecule has 0 aliphatic heterocycles. The third-order valence-corrected chi connectivity index (χ3v) is 3.63. The van der Waals surface area contributed by atoms with Crippen molar-refractivity contribution in [2.24, 2.45) is 0 Å². The third-order valence-electron chi connectivity index (χ3n) is 3.26. The van der Waals surface area contributed by atoms with Crippen LogP contribution in [-0.2, 0) is 0 Å². The van der Waals surface area contributed by atoms with Gasteiger partial charge in [0.25, 0.3) is 5.78 Å². The van der Waals surface area contributed by atoms with Gasteiger partial charge in [-0.15, -0.1) is 0 Å². The zero-order valence-corrected chi connectivity index (χ0v) is 12.0. The van der Waals surface area contributed by atoms with Gasteiger partial charge in [0.05, 0.1) is 0 Å². The van der Waals surface area contributed by atoms with Crippen molar-refractivity contribution in [1.82, 2.24) is 19.6 Å².